The number of hydrogen-bond donors (Lipinski definition) is 0. The first-order chi connectivity index (χ1) is 9.06. The fourth-order valence-electron chi connectivity index (χ4n) is 1.81. The topological polar surface area (TPSA) is 46.4 Å². The molecule has 0 unspecified atom stereocenters. The maximum atomic E-state index is 10.8. The highest BCUT2D eigenvalue weighted by Gasteiger charge is 2.11. The van der Waals surface area contributed by atoms with Gasteiger partial charge < -0.3 is 0 Å². The molecule has 0 bridgehead atoms. The SMILES string of the molecule is CN(Cc1cccs1)Cc1cc([N+](=O)[O-])ccc1Cl. The van der Waals surface area contributed by atoms with Crippen LogP contribution in [0.15, 0.2) is 35.7 Å². The molecule has 0 fully saturated rings. The van der Waals surface area contributed by atoms with E-state index in [-0.39, 0.29) is 5.69 Å². The van der Waals surface area contributed by atoms with E-state index in [1.807, 2.05) is 18.5 Å². The Morgan fingerprint density at radius 3 is 2.79 bits per heavy atom. The summed E-state index contributed by atoms with van der Waals surface area (Å²) in [5, 5.41) is 13.3. The van der Waals surface area contributed by atoms with Crippen LogP contribution in [0.3, 0.4) is 0 Å². The zero-order valence-electron chi connectivity index (χ0n) is 10.4. The van der Waals surface area contributed by atoms with E-state index >= 15 is 0 Å². The lowest BCUT2D eigenvalue weighted by Crippen LogP contribution is -2.16. The molecule has 100 valence electrons. The minimum absolute atomic E-state index is 0.0731. The molecule has 0 saturated heterocycles. The Morgan fingerprint density at radius 2 is 2.16 bits per heavy atom. The molecule has 0 aliphatic heterocycles. The molecule has 1 aromatic carbocycles. The minimum Gasteiger partial charge on any atom is -0.297 e. The second kappa shape index (κ2) is 6.14. The van der Waals surface area contributed by atoms with Gasteiger partial charge in [-0.2, -0.15) is 0 Å². The first kappa shape index (κ1) is 14.0. The standard InChI is InChI=1S/C13H13ClN2O2S/c1-15(9-12-3-2-6-19-12)8-10-7-11(16(17)18)4-5-13(10)14/h2-7H,8-9H2,1H3. The van der Waals surface area contributed by atoms with Gasteiger partial charge in [0.05, 0.1) is 4.92 Å². The lowest BCUT2D eigenvalue weighted by Gasteiger charge is -2.16. The van der Waals surface area contributed by atoms with Gasteiger partial charge >= 0.3 is 0 Å². The number of nitro benzene ring substituents is 1. The van der Waals surface area contributed by atoms with Gasteiger partial charge in [-0.1, -0.05) is 17.7 Å². The van der Waals surface area contributed by atoms with Gasteiger partial charge in [0.2, 0.25) is 0 Å². The highest BCUT2D eigenvalue weighted by Crippen LogP contribution is 2.23. The predicted octanol–water partition coefficient (Wildman–Crippen LogP) is 3.94. The smallest absolute Gasteiger partial charge is 0.269 e. The number of thiophene rings is 1. The molecule has 0 radical (unpaired) electrons. The lowest BCUT2D eigenvalue weighted by molar-refractivity contribution is -0.384. The Hall–Kier alpha value is -1.43. The van der Waals surface area contributed by atoms with E-state index in [2.05, 4.69) is 11.0 Å². The summed E-state index contributed by atoms with van der Waals surface area (Å²) in [7, 11) is 1.97. The van der Waals surface area contributed by atoms with Gasteiger partial charge in [0, 0.05) is 35.1 Å². The molecular weight excluding hydrogens is 284 g/mol. The van der Waals surface area contributed by atoms with Crippen molar-refractivity contribution >= 4 is 28.6 Å². The van der Waals surface area contributed by atoms with Gasteiger partial charge in [0.15, 0.2) is 0 Å². The Bertz CT molecular complexity index is 572. The molecule has 1 heterocycles. The summed E-state index contributed by atoms with van der Waals surface area (Å²) >= 11 is 7.77. The van der Waals surface area contributed by atoms with Gasteiger partial charge in [-0.05, 0) is 30.1 Å². The van der Waals surface area contributed by atoms with Crippen LogP contribution in [-0.2, 0) is 13.1 Å². The molecule has 0 amide bonds. The molecule has 2 aromatic rings. The van der Waals surface area contributed by atoms with E-state index < -0.39 is 4.92 Å². The van der Waals surface area contributed by atoms with Crippen LogP contribution < -0.4 is 0 Å². The molecule has 0 atom stereocenters. The lowest BCUT2D eigenvalue weighted by atomic mass is 10.2. The van der Waals surface area contributed by atoms with E-state index in [1.54, 1.807) is 17.4 Å². The summed E-state index contributed by atoms with van der Waals surface area (Å²) in [4.78, 5) is 13.7. The normalized spacial score (nSPS) is 10.9. The minimum atomic E-state index is -0.404. The van der Waals surface area contributed by atoms with E-state index in [0.29, 0.717) is 11.6 Å². The maximum absolute atomic E-state index is 10.8. The third-order valence-electron chi connectivity index (χ3n) is 2.69. The van der Waals surface area contributed by atoms with Gasteiger partial charge in [-0.15, -0.1) is 11.3 Å². The number of nitrogens with zero attached hydrogens (tertiary/aromatic N) is 2. The van der Waals surface area contributed by atoms with Crippen LogP contribution >= 0.6 is 22.9 Å². The van der Waals surface area contributed by atoms with Crippen LogP contribution in [0.25, 0.3) is 0 Å². The second-order valence-electron chi connectivity index (χ2n) is 4.28. The van der Waals surface area contributed by atoms with E-state index in [4.69, 9.17) is 11.6 Å². The monoisotopic (exact) mass is 296 g/mol. The number of benzene rings is 1. The summed E-state index contributed by atoms with van der Waals surface area (Å²) < 4.78 is 0. The average molecular weight is 297 g/mol. The Balaban J connectivity index is 2.09. The molecule has 0 aliphatic rings. The number of nitro groups is 1. The van der Waals surface area contributed by atoms with Crippen LogP contribution in [0.2, 0.25) is 5.02 Å². The van der Waals surface area contributed by atoms with Gasteiger partial charge in [0.1, 0.15) is 0 Å². The first-order valence-corrected chi connectivity index (χ1v) is 6.96. The third kappa shape index (κ3) is 3.76. The van der Waals surface area contributed by atoms with Crippen molar-refractivity contribution in [3.8, 4) is 0 Å². The zero-order valence-corrected chi connectivity index (χ0v) is 11.9. The molecule has 0 spiro atoms. The van der Waals surface area contributed by atoms with Crippen molar-refractivity contribution in [1.82, 2.24) is 4.90 Å². The largest absolute Gasteiger partial charge is 0.297 e. The summed E-state index contributed by atoms with van der Waals surface area (Å²) in [5.41, 5.74) is 0.846. The fourth-order valence-corrected chi connectivity index (χ4v) is 2.77. The highest BCUT2D eigenvalue weighted by atomic mass is 35.5. The van der Waals surface area contributed by atoms with Crippen molar-refractivity contribution in [3.05, 3.63) is 61.3 Å². The van der Waals surface area contributed by atoms with E-state index in [9.17, 15) is 10.1 Å². The van der Waals surface area contributed by atoms with Crippen molar-refractivity contribution < 1.29 is 4.92 Å². The molecule has 2 rings (SSSR count). The van der Waals surface area contributed by atoms with Gasteiger partial charge in [-0.3, -0.25) is 15.0 Å². The van der Waals surface area contributed by atoms with Crippen molar-refractivity contribution in [2.24, 2.45) is 0 Å². The maximum Gasteiger partial charge on any atom is 0.269 e. The van der Waals surface area contributed by atoms with Gasteiger partial charge in [0.25, 0.3) is 5.69 Å². The molecular formula is C13H13ClN2O2S. The molecule has 0 saturated carbocycles. The van der Waals surface area contributed by atoms with Crippen LogP contribution in [0.5, 0.6) is 0 Å². The predicted molar refractivity (Wildman–Crippen MR) is 77.6 cm³/mol. The molecule has 1 aromatic heterocycles. The van der Waals surface area contributed by atoms with Crippen LogP contribution in [-0.4, -0.2) is 16.9 Å². The fraction of sp³-hybridized carbons (Fsp3) is 0.231. The number of halogens is 1. The van der Waals surface area contributed by atoms with E-state index in [1.165, 1.54) is 17.0 Å². The summed E-state index contributed by atoms with van der Waals surface area (Å²) in [6.07, 6.45) is 0. The Labute approximate surface area is 120 Å². The third-order valence-corrected chi connectivity index (χ3v) is 3.92. The van der Waals surface area contributed by atoms with Crippen LogP contribution in [0.1, 0.15) is 10.4 Å². The zero-order chi connectivity index (χ0) is 13.8. The number of rotatable bonds is 5. The summed E-state index contributed by atoms with van der Waals surface area (Å²) in [6, 6.07) is 8.61. The summed E-state index contributed by atoms with van der Waals surface area (Å²) in [5.74, 6) is 0. The van der Waals surface area contributed by atoms with Gasteiger partial charge in [-0.25, -0.2) is 0 Å². The Kier molecular flexibility index (Phi) is 4.52. The van der Waals surface area contributed by atoms with E-state index in [0.717, 1.165) is 12.1 Å². The molecule has 0 N–H and O–H groups in total. The quantitative estimate of drug-likeness (QED) is 0.620. The summed E-state index contributed by atoms with van der Waals surface area (Å²) in [6.45, 7) is 1.38. The van der Waals surface area contributed by atoms with Crippen molar-refractivity contribution in [3.63, 3.8) is 0 Å². The highest BCUT2D eigenvalue weighted by molar-refractivity contribution is 7.09. The molecule has 19 heavy (non-hydrogen) atoms. The molecule has 4 nitrogen and oxygen atoms in total. The van der Waals surface area contributed by atoms with Crippen LogP contribution in [0.4, 0.5) is 5.69 Å². The Morgan fingerprint density at radius 1 is 1.37 bits per heavy atom. The number of hydrogen-bond acceptors (Lipinski definition) is 4. The van der Waals surface area contributed by atoms with Crippen molar-refractivity contribution in [2.75, 3.05) is 7.05 Å². The van der Waals surface area contributed by atoms with Crippen molar-refractivity contribution in [2.45, 2.75) is 13.1 Å². The number of non-ortho nitro benzene ring substituents is 1. The van der Waals surface area contributed by atoms with Crippen LogP contribution in [0, 0.1) is 10.1 Å². The molecule has 6 heteroatoms. The second-order valence-corrected chi connectivity index (χ2v) is 5.72. The first-order valence-electron chi connectivity index (χ1n) is 5.70. The molecule has 0 aliphatic carbocycles. The average Bonchev–Trinajstić information content (AvgIpc) is 2.84. The van der Waals surface area contributed by atoms with Crippen molar-refractivity contribution in [1.29, 1.82) is 0 Å².